The third-order valence-corrected chi connectivity index (χ3v) is 10.2. The Labute approximate surface area is 307 Å². The first-order valence-corrected chi connectivity index (χ1v) is 17.8. The number of benzene rings is 3. The number of halogens is 1. The zero-order valence-corrected chi connectivity index (χ0v) is 30.4. The molecule has 4 atom stereocenters. The van der Waals surface area contributed by atoms with Crippen molar-refractivity contribution in [3.05, 3.63) is 88.6 Å². The second-order valence-electron chi connectivity index (χ2n) is 13.8. The number of likely N-dealkylation sites (tertiary alicyclic amines) is 2. The third-order valence-electron chi connectivity index (χ3n) is 9.96. The zero-order valence-electron chi connectivity index (χ0n) is 29.6. The van der Waals surface area contributed by atoms with Crippen LogP contribution in [0.25, 0.3) is 10.9 Å². The number of H-pyrrole nitrogens is 1. The molecule has 13 heteroatoms. The summed E-state index contributed by atoms with van der Waals surface area (Å²) in [5.74, 6) is -1.15. The van der Waals surface area contributed by atoms with Gasteiger partial charge in [0.1, 0.15) is 11.8 Å². The number of aromatic amines is 1. The fourth-order valence-corrected chi connectivity index (χ4v) is 7.54. The molecule has 0 aliphatic carbocycles. The van der Waals surface area contributed by atoms with E-state index in [1.54, 1.807) is 52.4 Å². The summed E-state index contributed by atoms with van der Waals surface area (Å²) < 4.78 is 11.4. The molecule has 4 amide bonds. The van der Waals surface area contributed by atoms with Crippen LogP contribution in [0.5, 0.6) is 17.2 Å². The van der Waals surface area contributed by atoms with E-state index in [9.17, 15) is 24.3 Å². The molecule has 4 N–H and O–H groups in total. The molecule has 0 radical (unpaired) electrons. The molecule has 12 nitrogen and oxygen atoms in total. The first-order chi connectivity index (χ1) is 24.9. The quantitative estimate of drug-likeness (QED) is 0.181. The van der Waals surface area contributed by atoms with Gasteiger partial charge in [0.15, 0.2) is 11.5 Å². The van der Waals surface area contributed by atoms with Gasteiger partial charge in [-0.05, 0) is 79.3 Å². The number of phenolic OH excluding ortho intramolecular Hbond substituents is 1. The summed E-state index contributed by atoms with van der Waals surface area (Å²) in [4.78, 5) is 61.8. The maximum atomic E-state index is 14.2. The van der Waals surface area contributed by atoms with Crippen molar-refractivity contribution in [3.8, 4) is 17.2 Å². The number of phenols is 1. The highest BCUT2D eigenvalue weighted by molar-refractivity contribution is 6.31. The molecule has 3 aromatic carbocycles. The van der Waals surface area contributed by atoms with Crippen LogP contribution in [0.3, 0.4) is 0 Å². The summed E-state index contributed by atoms with van der Waals surface area (Å²) in [7, 11) is 3.03. The highest BCUT2D eigenvalue weighted by atomic mass is 35.5. The Kier molecular flexibility index (Phi) is 10.9. The summed E-state index contributed by atoms with van der Waals surface area (Å²) >= 11 is 6.17. The number of nitrogens with zero attached hydrogens (tertiary/aromatic N) is 2. The Hall–Kier alpha value is -5.23. The van der Waals surface area contributed by atoms with Gasteiger partial charge in [0, 0.05) is 67.3 Å². The molecule has 0 spiro atoms. The van der Waals surface area contributed by atoms with E-state index in [0.29, 0.717) is 41.7 Å². The smallest absolute Gasteiger partial charge is 0.254 e. The number of fused-ring (bicyclic) bond motifs is 2. The first kappa shape index (κ1) is 36.6. The summed E-state index contributed by atoms with van der Waals surface area (Å²) in [5, 5.41) is 16.8. The van der Waals surface area contributed by atoms with Gasteiger partial charge in [0.2, 0.25) is 17.7 Å². The highest BCUT2D eigenvalue weighted by Crippen LogP contribution is 2.38. The van der Waals surface area contributed by atoms with Gasteiger partial charge < -0.3 is 40.0 Å². The van der Waals surface area contributed by atoms with Crippen LogP contribution in [0, 0.1) is 17.8 Å². The summed E-state index contributed by atoms with van der Waals surface area (Å²) in [5.41, 5.74) is 2.82. The van der Waals surface area contributed by atoms with Crippen LogP contribution in [-0.4, -0.2) is 96.0 Å². The first-order valence-electron chi connectivity index (χ1n) is 17.4. The van der Waals surface area contributed by atoms with Crippen molar-refractivity contribution in [1.29, 1.82) is 0 Å². The molecule has 3 unspecified atom stereocenters. The average Bonchev–Trinajstić information content (AvgIpc) is 3.74. The number of carbonyl (C=O) groups excluding carboxylic acids is 4. The average molecular weight is 730 g/mol. The number of ether oxygens (including phenoxy) is 2. The fourth-order valence-electron chi connectivity index (χ4n) is 7.37. The third kappa shape index (κ3) is 7.97. The molecule has 52 heavy (non-hydrogen) atoms. The van der Waals surface area contributed by atoms with E-state index < -0.39 is 12.0 Å². The van der Waals surface area contributed by atoms with Crippen LogP contribution in [0.1, 0.15) is 35.3 Å². The summed E-state index contributed by atoms with van der Waals surface area (Å²) in [6, 6.07) is 16.1. The van der Waals surface area contributed by atoms with E-state index in [1.807, 2.05) is 26.0 Å². The molecule has 2 aliphatic rings. The maximum Gasteiger partial charge on any atom is 0.254 e. The normalized spacial score (nSPS) is 18.9. The number of nitrogens with one attached hydrogen (secondary N) is 3. The SMILES string of the molecule is CNC(=O)[C@H](Cc1ccc(O)cc1)NC(=O)C1CN(C(=O)Cc2c[nH]c3cc(Cl)ccc23)CC2CN(C(=O)c3ccc(OC(C)C)c(OC)c3)CC21. The van der Waals surface area contributed by atoms with E-state index in [1.165, 1.54) is 26.3 Å². The molecule has 0 bridgehead atoms. The molecular weight excluding hydrogens is 686 g/mol. The van der Waals surface area contributed by atoms with Gasteiger partial charge in [0.05, 0.1) is 25.6 Å². The van der Waals surface area contributed by atoms with Crippen molar-refractivity contribution in [1.82, 2.24) is 25.4 Å². The van der Waals surface area contributed by atoms with E-state index >= 15 is 0 Å². The zero-order chi connectivity index (χ0) is 37.1. The number of piperidine rings is 1. The number of aromatic hydroxyl groups is 1. The van der Waals surface area contributed by atoms with Gasteiger partial charge in [-0.2, -0.15) is 0 Å². The number of aromatic nitrogens is 1. The lowest BCUT2D eigenvalue weighted by molar-refractivity contribution is -0.140. The lowest BCUT2D eigenvalue weighted by atomic mass is 9.79. The number of amides is 4. The van der Waals surface area contributed by atoms with Gasteiger partial charge in [0.25, 0.3) is 5.91 Å². The topological polar surface area (TPSA) is 153 Å². The van der Waals surface area contributed by atoms with Crippen molar-refractivity contribution in [2.75, 3.05) is 40.3 Å². The van der Waals surface area contributed by atoms with Crippen LogP contribution in [0.15, 0.2) is 66.9 Å². The molecule has 2 aliphatic heterocycles. The monoisotopic (exact) mass is 729 g/mol. The maximum absolute atomic E-state index is 14.2. The standard InChI is InChI=1S/C39H44ClN5O7/c1-22(2)52-34-12-7-24(14-35(34)51-4)39(50)45-19-26-18-44(36(47)15-25-17-42-32-16-27(40)8-11-29(25)32)21-31(30(26)20-45)37(48)43-33(38(49)41-3)13-23-5-9-28(46)10-6-23/h5-12,14,16-17,22,26,30-31,33,42,46H,13,15,18-21H2,1-4H3,(H,41,49)(H,43,48)/t26?,30?,31?,33-/m0/s1. The largest absolute Gasteiger partial charge is 0.508 e. The van der Waals surface area contributed by atoms with Crippen LogP contribution in [0.4, 0.5) is 0 Å². The van der Waals surface area contributed by atoms with Gasteiger partial charge in [-0.3, -0.25) is 19.2 Å². The fraction of sp³-hybridized carbons (Fsp3) is 0.385. The molecule has 6 rings (SSSR count). The van der Waals surface area contributed by atoms with Crippen molar-refractivity contribution >= 4 is 46.1 Å². The predicted octanol–water partition coefficient (Wildman–Crippen LogP) is 4.19. The van der Waals surface area contributed by atoms with E-state index in [0.717, 1.165) is 22.0 Å². The molecule has 274 valence electrons. The molecular formula is C39H44ClN5O7. The molecule has 4 aromatic rings. The van der Waals surface area contributed by atoms with E-state index in [2.05, 4.69) is 15.6 Å². The molecule has 0 saturated carbocycles. The van der Waals surface area contributed by atoms with Crippen LogP contribution >= 0.6 is 11.6 Å². The van der Waals surface area contributed by atoms with E-state index in [-0.39, 0.29) is 66.7 Å². The van der Waals surface area contributed by atoms with Crippen molar-refractivity contribution in [2.45, 2.75) is 38.8 Å². The number of carbonyl (C=O) groups is 4. The predicted molar refractivity (Wildman–Crippen MR) is 197 cm³/mol. The van der Waals surface area contributed by atoms with Gasteiger partial charge in [-0.15, -0.1) is 0 Å². The van der Waals surface area contributed by atoms with Crippen LogP contribution < -0.4 is 20.1 Å². The van der Waals surface area contributed by atoms with Gasteiger partial charge in [-0.25, -0.2) is 0 Å². The molecule has 2 saturated heterocycles. The Morgan fingerprint density at radius 1 is 0.962 bits per heavy atom. The number of likely N-dealkylation sites (N-methyl/N-ethyl adjacent to an activating group) is 1. The number of hydrogen-bond acceptors (Lipinski definition) is 7. The van der Waals surface area contributed by atoms with Crippen molar-refractivity contribution < 1.29 is 33.8 Å². The van der Waals surface area contributed by atoms with Crippen LogP contribution in [-0.2, 0) is 27.2 Å². The van der Waals surface area contributed by atoms with Crippen molar-refractivity contribution in [2.24, 2.45) is 17.8 Å². The summed E-state index contributed by atoms with van der Waals surface area (Å²) in [6.45, 7) is 4.99. The second-order valence-corrected chi connectivity index (χ2v) is 14.2. The minimum Gasteiger partial charge on any atom is -0.508 e. The number of rotatable bonds is 11. The Balaban J connectivity index is 1.25. The second kappa shape index (κ2) is 15.6. The van der Waals surface area contributed by atoms with Gasteiger partial charge >= 0.3 is 0 Å². The van der Waals surface area contributed by atoms with Crippen LogP contribution in [0.2, 0.25) is 5.02 Å². The van der Waals surface area contributed by atoms with Gasteiger partial charge in [-0.1, -0.05) is 29.8 Å². The highest BCUT2D eigenvalue weighted by Gasteiger charge is 2.48. The number of hydrogen-bond donors (Lipinski definition) is 4. The Bertz CT molecular complexity index is 1960. The Morgan fingerprint density at radius 3 is 2.42 bits per heavy atom. The summed E-state index contributed by atoms with van der Waals surface area (Å²) in [6.07, 6.45) is 2.03. The minimum atomic E-state index is -0.900. The molecule has 2 fully saturated rings. The number of methoxy groups -OCH3 is 1. The van der Waals surface area contributed by atoms with Crippen molar-refractivity contribution in [3.63, 3.8) is 0 Å². The molecule has 1 aromatic heterocycles. The minimum absolute atomic E-state index is 0.0792. The lowest BCUT2D eigenvalue weighted by Gasteiger charge is -2.40. The Morgan fingerprint density at radius 2 is 1.71 bits per heavy atom. The lowest BCUT2D eigenvalue weighted by Crippen LogP contribution is -2.56. The molecule has 3 heterocycles. The van der Waals surface area contributed by atoms with E-state index in [4.69, 9.17) is 21.1 Å².